The van der Waals surface area contributed by atoms with Gasteiger partial charge in [-0.15, -0.1) is 0 Å². The number of halogens is 3. The Hall–Kier alpha value is -2.14. The van der Waals surface area contributed by atoms with Crippen molar-refractivity contribution in [3.63, 3.8) is 0 Å². The van der Waals surface area contributed by atoms with Crippen LogP contribution in [0.25, 0.3) is 0 Å². The van der Waals surface area contributed by atoms with Gasteiger partial charge in [0.05, 0.1) is 16.3 Å². The molecule has 0 bridgehead atoms. The first-order chi connectivity index (χ1) is 9.38. The van der Waals surface area contributed by atoms with Crippen LogP contribution in [0.4, 0.5) is 20.2 Å². The Bertz CT molecular complexity index is 689. The molecule has 1 amide bonds. The quantitative estimate of drug-likeness (QED) is 0.829. The molecule has 20 heavy (non-hydrogen) atoms. The van der Waals surface area contributed by atoms with E-state index in [2.05, 4.69) is 5.32 Å². The van der Waals surface area contributed by atoms with Crippen molar-refractivity contribution in [1.29, 1.82) is 0 Å². The van der Waals surface area contributed by atoms with Gasteiger partial charge in [-0.3, -0.25) is 4.79 Å². The predicted octanol–water partition coefficient (Wildman–Crippen LogP) is 3.76. The molecule has 0 spiro atoms. The summed E-state index contributed by atoms with van der Waals surface area (Å²) in [5.41, 5.74) is 6.50. The van der Waals surface area contributed by atoms with Gasteiger partial charge in [-0.1, -0.05) is 17.7 Å². The van der Waals surface area contributed by atoms with Gasteiger partial charge in [0.15, 0.2) is 11.6 Å². The second-order valence-electron chi connectivity index (χ2n) is 4.29. The fraction of sp³-hybridized carbons (Fsp3) is 0.0714. The van der Waals surface area contributed by atoms with Crippen LogP contribution < -0.4 is 11.1 Å². The molecule has 2 rings (SSSR count). The fourth-order valence-electron chi connectivity index (χ4n) is 1.67. The molecule has 0 aliphatic carbocycles. The minimum atomic E-state index is -1.14. The Kier molecular flexibility index (Phi) is 3.90. The summed E-state index contributed by atoms with van der Waals surface area (Å²) in [5, 5.41) is 2.85. The van der Waals surface area contributed by atoms with Gasteiger partial charge in [0.2, 0.25) is 0 Å². The summed E-state index contributed by atoms with van der Waals surface area (Å²) in [5.74, 6) is -2.90. The first-order valence-corrected chi connectivity index (χ1v) is 6.08. The number of nitrogen functional groups attached to an aromatic ring is 1. The van der Waals surface area contributed by atoms with E-state index < -0.39 is 17.5 Å². The molecular weight excluding hydrogens is 286 g/mol. The fourth-order valence-corrected chi connectivity index (χ4v) is 1.95. The zero-order valence-electron chi connectivity index (χ0n) is 10.5. The van der Waals surface area contributed by atoms with E-state index in [-0.39, 0.29) is 11.3 Å². The molecule has 2 aromatic rings. The second kappa shape index (κ2) is 5.46. The number of amides is 1. The normalized spacial score (nSPS) is 10.4. The van der Waals surface area contributed by atoms with Crippen molar-refractivity contribution in [2.75, 3.05) is 11.1 Å². The average Bonchev–Trinajstić information content (AvgIpc) is 2.37. The molecule has 6 heteroatoms. The number of hydrogen-bond acceptors (Lipinski definition) is 2. The van der Waals surface area contributed by atoms with Crippen LogP contribution in [0, 0.1) is 18.6 Å². The van der Waals surface area contributed by atoms with E-state index in [0.717, 1.165) is 17.7 Å². The number of nitrogens with two attached hydrogens (primary N) is 1. The zero-order valence-corrected chi connectivity index (χ0v) is 11.3. The lowest BCUT2D eigenvalue weighted by molar-refractivity contribution is 0.102. The van der Waals surface area contributed by atoms with Gasteiger partial charge in [0.25, 0.3) is 5.91 Å². The highest BCUT2D eigenvalue weighted by atomic mass is 35.5. The van der Waals surface area contributed by atoms with Crippen molar-refractivity contribution in [2.24, 2.45) is 0 Å². The Morgan fingerprint density at radius 2 is 1.85 bits per heavy atom. The van der Waals surface area contributed by atoms with E-state index in [1.165, 1.54) is 0 Å². The molecule has 3 N–H and O–H groups in total. The lowest BCUT2D eigenvalue weighted by Gasteiger charge is -2.10. The summed E-state index contributed by atoms with van der Waals surface area (Å²) in [6.07, 6.45) is 0. The van der Waals surface area contributed by atoms with E-state index in [1.54, 1.807) is 18.2 Å². The topological polar surface area (TPSA) is 55.1 Å². The lowest BCUT2D eigenvalue weighted by atomic mass is 10.1. The molecular formula is C14H11ClF2N2O. The summed E-state index contributed by atoms with van der Waals surface area (Å²) >= 11 is 5.98. The number of aryl methyl sites for hydroxylation is 1. The highest BCUT2D eigenvalue weighted by Gasteiger charge is 2.15. The third-order valence-electron chi connectivity index (χ3n) is 2.71. The largest absolute Gasteiger partial charge is 0.398 e. The molecule has 0 aliphatic rings. The lowest BCUT2D eigenvalue weighted by Crippen LogP contribution is -2.15. The summed E-state index contributed by atoms with van der Waals surface area (Å²) in [4.78, 5) is 12.0. The van der Waals surface area contributed by atoms with E-state index in [0.29, 0.717) is 10.7 Å². The number of benzene rings is 2. The van der Waals surface area contributed by atoms with Crippen LogP contribution in [0.2, 0.25) is 5.02 Å². The molecule has 0 aliphatic heterocycles. The Balaban J connectivity index is 2.31. The molecule has 3 nitrogen and oxygen atoms in total. The highest BCUT2D eigenvalue weighted by Crippen LogP contribution is 2.24. The molecule has 0 fully saturated rings. The standard InChI is InChI=1S/C14H11ClF2N2O/c1-7-2-3-13(9(15)4-7)19-14(20)8-5-10(16)11(17)6-12(8)18/h2-6H,18H2,1H3,(H,19,20). The van der Waals surface area contributed by atoms with Crippen LogP contribution in [0.5, 0.6) is 0 Å². The molecule has 0 unspecified atom stereocenters. The maximum Gasteiger partial charge on any atom is 0.257 e. The van der Waals surface area contributed by atoms with Gasteiger partial charge in [-0.05, 0) is 30.7 Å². The molecule has 0 atom stereocenters. The Morgan fingerprint density at radius 3 is 2.50 bits per heavy atom. The Labute approximate surface area is 119 Å². The first-order valence-electron chi connectivity index (χ1n) is 5.70. The molecule has 0 aromatic heterocycles. The average molecular weight is 297 g/mol. The van der Waals surface area contributed by atoms with Crippen molar-refractivity contribution < 1.29 is 13.6 Å². The van der Waals surface area contributed by atoms with Gasteiger partial charge < -0.3 is 11.1 Å². The summed E-state index contributed by atoms with van der Waals surface area (Å²) in [6, 6.07) is 6.57. The van der Waals surface area contributed by atoms with Crippen LogP contribution >= 0.6 is 11.6 Å². The monoisotopic (exact) mass is 296 g/mol. The highest BCUT2D eigenvalue weighted by molar-refractivity contribution is 6.34. The van der Waals surface area contributed by atoms with Crippen LogP contribution in [-0.4, -0.2) is 5.91 Å². The molecule has 0 heterocycles. The molecule has 0 radical (unpaired) electrons. The van der Waals surface area contributed by atoms with Crippen LogP contribution in [0.3, 0.4) is 0 Å². The number of carbonyl (C=O) groups is 1. The van der Waals surface area contributed by atoms with Gasteiger partial charge in [0.1, 0.15) is 0 Å². The van der Waals surface area contributed by atoms with E-state index in [4.69, 9.17) is 17.3 Å². The predicted molar refractivity (Wildman–Crippen MR) is 74.9 cm³/mol. The zero-order chi connectivity index (χ0) is 14.9. The van der Waals surface area contributed by atoms with E-state index in [9.17, 15) is 13.6 Å². The molecule has 2 aromatic carbocycles. The maximum atomic E-state index is 13.2. The van der Waals surface area contributed by atoms with Crippen LogP contribution in [0.15, 0.2) is 30.3 Å². The first kappa shape index (κ1) is 14.3. The maximum absolute atomic E-state index is 13.2. The minimum Gasteiger partial charge on any atom is -0.398 e. The van der Waals surface area contributed by atoms with Gasteiger partial charge >= 0.3 is 0 Å². The molecule has 0 saturated carbocycles. The third kappa shape index (κ3) is 2.88. The van der Waals surface area contributed by atoms with Crippen molar-refractivity contribution in [3.8, 4) is 0 Å². The summed E-state index contributed by atoms with van der Waals surface area (Å²) < 4.78 is 26.1. The van der Waals surface area contributed by atoms with Crippen molar-refractivity contribution in [2.45, 2.75) is 6.92 Å². The molecule has 104 valence electrons. The smallest absolute Gasteiger partial charge is 0.257 e. The number of nitrogens with one attached hydrogen (secondary N) is 1. The van der Waals surface area contributed by atoms with Crippen molar-refractivity contribution >= 4 is 28.9 Å². The van der Waals surface area contributed by atoms with Gasteiger partial charge in [-0.2, -0.15) is 0 Å². The minimum absolute atomic E-state index is 0.148. The Morgan fingerprint density at radius 1 is 1.20 bits per heavy atom. The molecule has 0 saturated heterocycles. The van der Waals surface area contributed by atoms with Crippen molar-refractivity contribution in [1.82, 2.24) is 0 Å². The van der Waals surface area contributed by atoms with E-state index >= 15 is 0 Å². The van der Waals surface area contributed by atoms with Gasteiger partial charge in [0, 0.05) is 11.8 Å². The van der Waals surface area contributed by atoms with Crippen LogP contribution in [0.1, 0.15) is 15.9 Å². The van der Waals surface area contributed by atoms with Crippen molar-refractivity contribution in [3.05, 3.63) is 58.1 Å². The number of hydrogen-bond donors (Lipinski definition) is 2. The number of carbonyl (C=O) groups excluding carboxylic acids is 1. The third-order valence-corrected chi connectivity index (χ3v) is 3.02. The second-order valence-corrected chi connectivity index (χ2v) is 4.70. The summed E-state index contributed by atoms with van der Waals surface area (Å²) in [6.45, 7) is 1.85. The van der Waals surface area contributed by atoms with Gasteiger partial charge in [-0.25, -0.2) is 8.78 Å². The SMILES string of the molecule is Cc1ccc(NC(=O)c2cc(F)c(F)cc2N)c(Cl)c1. The van der Waals surface area contributed by atoms with Crippen LogP contribution in [-0.2, 0) is 0 Å². The summed E-state index contributed by atoms with van der Waals surface area (Å²) in [7, 11) is 0. The number of anilines is 2. The number of rotatable bonds is 2. The van der Waals surface area contributed by atoms with E-state index in [1.807, 2.05) is 6.92 Å².